The summed E-state index contributed by atoms with van der Waals surface area (Å²) in [5, 5.41) is 7.84. The van der Waals surface area contributed by atoms with Crippen molar-refractivity contribution in [1.29, 1.82) is 0 Å². The average Bonchev–Trinajstić information content (AvgIpc) is 3.16. The first-order chi connectivity index (χ1) is 10.3. The summed E-state index contributed by atoms with van der Waals surface area (Å²) in [6.07, 6.45) is 0. The van der Waals surface area contributed by atoms with Crippen LogP contribution >= 0.6 is 22.7 Å². The highest BCUT2D eigenvalue weighted by Crippen LogP contribution is 2.30. The first kappa shape index (κ1) is 14.2. The lowest BCUT2D eigenvalue weighted by molar-refractivity contribution is 0.414. The smallest absolute Gasteiger partial charge is 0.119 e. The van der Waals surface area contributed by atoms with Gasteiger partial charge in [0.15, 0.2) is 0 Å². The van der Waals surface area contributed by atoms with Crippen LogP contribution in [0.2, 0.25) is 0 Å². The Morgan fingerprint density at radius 3 is 2.76 bits per heavy atom. The van der Waals surface area contributed by atoms with E-state index in [-0.39, 0.29) is 0 Å². The normalized spacial score (nSPS) is 10.6. The molecule has 0 aliphatic heterocycles. The molecule has 0 fully saturated rings. The Balaban J connectivity index is 1.68. The van der Waals surface area contributed by atoms with E-state index in [9.17, 15) is 0 Å². The van der Waals surface area contributed by atoms with Crippen molar-refractivity contribution in [2.24, 2.45) is 0 Å². The maximum absolute atomic E-state index is 5.23. The third kappa shape index (κ3) is 3.28. The molecule has 21 heavy (non-hydrogen) atoms. The van der Waals surface area contributed by atoms with Gasteiger partial charge in [-0.15, -0.1) is 22.7 Å². The van der Waals surface area contributed by atoms with Crippen LogP contribution in [0.15, 0.2) is 47.2 Å². The quantitative estimate of drug-likeness (QED) is 0.680. The number of hydrogen-bond donors (Lipinski definition) is 1. The van der Waals surface area contributed by atoms with Crippen LogP contribution in [0, 0.1) is 6.92 Å². The Morgan fingerprint density at radius 1 is 1.14 bits per heavy atom. The number of thiophene rings is 2. The summed E-state index contributed by atoms with van der Waals surface area (Å²) in [6, 6.07) is 12.6. The van der Waals surface area contributed by atoms with Gasteiger partial charge in [-0.2, -0.15) is 0 Å². The van der Waals surface area contributed by atoms with E-state index in [1.54, 1.807) is 29.8 Å². The Kier molecular flexibility index (Phi) is 4.27. The van der Waals surface area contributed by atoms with Gasteiger partial charge in [-0.25, -0.2) is 0 Å². The van der Waals surface area contributed by atoms with Crippen molar-refractivity contribution in [2.45, 2.75) is 13.5 Å². The minimum atomic E-state index is 0.850. The molecule has 3 aromatic rings. The minimum absolute atomic E-state index is 0.850. The van der Waals surface area contributed by atoms with E-state index in [1.807, 2.05) is 12.1 Å². The van der Waals surface area contributed by atoms with Crippen molar-refractivity contribution >= 4 is 28.4 Å². The number of benzene rings is 1. The standard InChI is InChI=1S/C17H17NOS2/c1-12-8-14(19-2)5-6-16(12)18-10-15-9-13(11-21-15)17-4-3-7-20-17/h3-9,11,18H,10H2,1-2H3. The lowest BCUT2D eigenvalue weighted by atomic mass is 10.2. The monoisotopic (exact) mass is 315 g/mol. The molecular formula is C17H17NOS2. The van der Waals surface area contributed by atoms with Crippen LogP contribution < -0.4 is 10.1 Å². The van der Waals surface area contributed by atoms with Gasteiger partial charge in [0.2, 0.25) is 0 Å². The molecule has 0 spiro atoms. The number of anilines is 1. The fraction of sp³-hybridized carbons (Fsp3) is 0.176. The summed E-state index contributed by atoms with van der Waals surface area (Å²) in [4.78, 5) is 2.67. The predicted octanol–water partition coefficient (Wildman–Crippen LogP) is 5.41. The molecule has 4 heteroatoms. The SMILES string of the molecule is COc1ccc(NCc2cc(-c3cccs3)cs2)c(C)c1. The van der Waals surface area contributed by atoms with Crippen LogP contribution in [0.25, 0.3) is 10.4 Å². The summed E-state index contributed by atoms with van der Waals surface area (Å²) in [5.41, 5.74) is 3.67. The van der Waals surface area contributed by atoms with E-state index in [2.05, 4.69) is 47.3 Å². The number of nitrogens with one attached hydrogen (secondary N) is 1. The van der Waals surface area contributed by atoms with Crippen LogP contribution in [0.1, 0.15) is 10.4 Å². The molecule has 0 saturated heterocycles. The second kappa shape index (κ2) is 6.33. The van der Waals surface area contributed by atoms with Gasteiger partial charge >= 0.3 is 0 Å². The second-order valence-electron chi connectivity index (χ2n) is 4.81. The van der Waals surface area contributed by atoms with Gasteiger partial charge in [-0.3, -0.25) is 0 Å². The first-order valence-corrected chi connectivity index (χ1v) is 8.52. The molecule has 2 heterocycles. The summed E-state index contributed by atoms with van der Waals surface area (Å²) in [6.45, 7) is 2.94. The molecule has 0 atom stereocenters. The molecular weight excluding hydrogens is 298 g/mol. The largest absolute Gasteiger partial charge is 0.497 e. The zero-order valence-corrected chi connectivity index (χ0v) is 13.7. The van der Waals surface area contributed by atoms with Crippen molar-refractivity contribution in [3.05, 3.63) is 57.6 Å². The van der Waals surface area contributed by atoms with E-state index >= 15 is 0 Å². The third-order valence-corrected chi connectivity index (χ3v) is 5.20. The van der Waals surface area contributed by atoms with Crippen LogP contribution in [-0.2, 0) is 6.54 Å². The average molecular weight is 315 g/mol. The Bertz CT molecular complexity index is 716. The van der Waals surface area contributed by atoms with Crippen molar-refractivity contribution < 1.29 is 4.74 Å². The topological polar surface area (TPSA) is 21.3 Å². The van der Waals surface area contributed by atoms with Crippen LogP contribution in [0.5, 0.6) is 5.75 Å². The fourth-order valence-electron chi connectivity index (χ4n) is 2.19. The molecule has 0 unspecified atom stereocenters. The summed E-state index contributed by atoms with van der Waals surface area (Å²) in [7, 11) is 1.69. The van der Waals surface area contributed by atoms with Gasteiger partial charge in [0.05, 0.1) is 7.11 Å². The van der Waals surface area contributed by atoms with Crippen LogP contribution in [0.4, 0.5) is 5.69 Å². The molecule has 0 bridgehead atoms. The van der Waals surface area contributed by atoms with Crippen molar-refractivity contribution in [1.82, 2.24) is 0 Å². The van der Waals surface area contributed by atoms with Gasteiger partial charge in [0, 0.05) is 27.5 Å². The maximum atomic E-state index is 5.23. The molecule has 2 nitrogen and oxygen atoms in total. The molecule has 3 rings (SSSR count). The van der Waals surface area contributed by atoms with Gasteiger partial charge in [-0.05, 0) is 53.6 Å². The zero-order valence-electron chi connectivity index (χ0n) is 12.1. The lowest BCUT2D eigenvalue weighted by Crippen LogP contribution is -1.99. The second-order valence-corrected chi connectivity index (χ2v) is 6.76. The molecule has 108 valence electrons. The van der Waals surface area contributed by atoms with Gasteiger partial charge < -0.3 is 10.1 Å². The van der Waals surface area contributed by atoms with Crippen molar-refractivity contribution in [3.8, 4) is 16.2 Å². The van der Waals surface area contributed by atoms with Crippen LogP contribution in [-0.4, -0.2) is 7.11 Å². The van der Waals surface area contributed by atoms with Gasteiger partial charge in [-0.1, -0.05) is 6.07 Å². The molecule has 1 aromatic carbocycles. The molecule has 0 radical (unpaired) electrons. The number of aryl methyl sites for hydroxylation is 1. The van der Waals surface area contributed by atoms with E-state index < -0.39 is 0 Å². The van der Waals surface area contributed by atoms with Crippen molar-refractivity contribution in [3.63, 3.8) is 0 Å². The first-order valence-electron chi connectivity index (χ1n) is 6.76. The molecule has 0 saturated carbocycles. The third-order valence-electron chi connectivity index (χ3n) is 3.35. The molecule has 0 amide bonds. The Morgan fingerprint density at radius 2 is 2.05 bits per heavy atom. The fourth-order valence-corrected chi connectivity index (χ4v) is 3.80. The number of hydrogen-bond acceptors (Lipinski definition) is 4. The minimum Gasteiger partial charge on any atom is -0.497 e. The summed E-state index contributed by atoms with van der Waals surface area (Å²) in [5.74, 6) is 0.897. The highest BCUT2D eigenvalue weighted by molar-refractivity contribution is 7.14. The van der Waals surface area contributed by atoms with E-state index in [4.69, 9.17) is 4.74 Å². The van der Waals surface area contributed by atoms with E-state index in [1.165, 1.54) is 20.9 Å². The number of ether oxygens (including phenoxy) is 1. The Labute approximate surface area is 133 Å². The van der Waals surface area contributed by atoms with Gasteiger partial charge in [0.1, 0.15) is 5.75 Å². The van der Waals surface area contributed by atoms with Gasteiger partial charge in [0.25, 0.3) is 0 Å². The zero-order chi connectivity index (χ0) is 14.7. The lowest BCUT2D eigenvalue weighted by Gasteiger charge is -2.10. The van der Waals surface area contributed by atoms with E-state index in [0.717, 1.165) is 18.0 Å². The molecule has 1 N–H and O–H groups in total. The Hall–Kier alpha value is -1.78. The number of methoxy groups -OCH3 is 1. The van der Waals surface area contributed by atoms with Crippen molar-refractivity contribution in [2.75, 3.05) is 12.4 Å². The van der Waals surface area contributed by atoms with E-state index in [0.29, 0.717) is 0 Å². The maximum Gasteiger partial charge on any atom is 0.119 e. The van der Waals surface area contributed by atoms with Crippen LogP contribution in [0.3, 0.4) is 0 Å². The highest BCUT2D eigenvalue weighted by Gasteiger charge is 2.05. The summed E-state index contributed by atoms with van der Waals surface area (Å²) >= 11 is 3.58. The molecule has 0 aliphatic rings. The molecule has 2 aromatic heterocycles. The highest BCUT2D eigenvalue weighted by atomic mass is 32.1. The summed E-state index contributed by atoms with van der Waals surface area (Å²) < 4.78 is 5.23. The predicted molar refractivity (Wildman–Crippen MR) is 92.7 cm³/mol. The number of rotatable bonds is 5. The molecule has 0 aliphatic carbocycles.